The van der Waals surface area contributed by atoms with Crippen LogP contribution < -0.4 is 4.74 Å². The van der Waals surface area contributed by atoms with Crippen molar-refractivity contribution in [2.75, 3.05) is 6.61 Å². The van der Waals surface area contributed by atoms with Crippen LogP contribution in [-0.4, -0.2) is 23.8 Å². The standard InChI is InChI=1S/C17H24O5.ClH/c1-2-3-4-5-6-7-8-13-21-17(20)22-15-11-9-14(10-12-15)16(18)19;/h9-12H,2-8,13H2,1H3,(H,18,19);1H. The number of carbonyl (C=O) groups excluding carboxylic acids is 1. The summed E-state index contributed by atoms with van der Waals surface area (Å²) in [5.74, 6) is -0.748. The number of unbranched alkanes of at least 4 members (excludes halogenated alkanes) is 6. The van der Waals surface area contributed by atoms with E-state index in [2.05, 4.69) is 6.92 Å². The average Bonchev–Trinajstić information content (AvgIpc) is 2.50. The van der Waals surface area contributed by atoms with Gasteiger partial charge in [0.2, 0.25) is 0 Å². The van der Waals surface area contributed by atoms with Gasteiger partial charge in [-0.3, -0.25) is 0 Å². The van der Waals surface area contributed by atoms with Crippen molar-refractivity contribution in [3.05, 3.63) is 29.8 Å². The van der Waals surface area contributed by atoms with Crippen LogP contribution in [0.1, 0.15) is 62.2 Å². The highest BCUT2D eigenvalue weighted by molar-refractivity contribution is 5.87. The molecule has 0 aromatic heterocycles. The van der Waals surface area contributed by atoms with E-state index in [1.165, 1.54) is 49.9 Å². The molecule has 1 N–H and O–H groups in total. The lowest BCUT2D eigenvalue weighted by Crippen LogP contribution is -2.11. The van der Waals surface area contributed by atoms with Crippen LogP contribution in [0.15, 0.2) is 24.3 Å². The zero-order chi connectivity index (χ0) is 16.2. The first-order valence-electron chi connectivity index (χ1n) is 7.81. The number of hydrogen-bond acceptors (Lipinski definition) is 4. The van der Waals surface area contributed by atoms with Crippen molar-refractivity contribution in [3.8, 4) is 5.75 Å². The Kier molecular flexibility index (Phi) is 11.8. The number of rotatable bonds is 10. The van der Waals surface area contributed by atoms with Crippen LogP contribution in [0.25, 0.3) is 0 Å². The van der Waals surface area contributed by atoms with Crippen molar-refractivity contribution >= 4 is 24.5 Å². The maximum Gasteiger partial charge on any atom is 0.513 e. The second kappa shape index (κ2) is 12.8. The molecule has 0 aliphatic rings. The van der Waals surface area contributed by atoms with Gasteiger partial charge in [0.05, 0.1) is 12.2 Å². The first-order chi connectivity index (χ1) is 10.6. The molecule has 23 heavy (non-hydrogen) atoms. The molecule has 1 aromatic carbocycles. The molecule has 130 valence electrons. The Balaban J connectivity index is 0.00000484. The van der Waals surface area contributed by atoms with E-state index in [4.69, 9.17) is 14.6 Å². The van der Waals surface area contributed by atoms with Crippen molar-refractivity contribution in [3.63, 3.8) is 0 Å². The molecule has 0 fully saturated rings. The fraction of sp³-hybridized carbons (Fsp3) is 0.529. The zero-order valence-corrected chi connectivity index (χ0v) is 14.3. The highest BCUT2D eigenvalue weighted by Crippen LogP contribution is 2.13. The molecule has 0 aliphatic carbocycles. The summed E-state index contributed by atoms with van der Waals surface area (Å²) in [6.45, 7) is 2.54. The molecule has 0 saturated heterocycles. The Labute approximate surface area is 143 Å². The fourth-order valence-electron chi connectivity index (χ4n) is 2.01. The second-order valence-electron chi connectivity index (χ2n) is 5.15. The largest absolute Gasteiger partial charge is 0.513 e. The van der Waals surface area contributed by atoms with Gasteiger partial charge in [0.25, 0.3) is 0 Å². The molecule has 0 bridgehead atoms. The molecule has 1 rings (SSSR count). The van der Waals surface area contributed by atoms with Gasteiger partial charge in [0.1, 0.15) is 5.75 Å². The van der Waals surface area contributed by atoms with E-state index in [0.29, 0.717) is 6.61 Å². The number of ether oxygens (including phenoxy) is 2. The predicted molar refractivity (Wildman–Crippen MR) is 90.6 cm³/mol. The van der Waals surface area contributed by atoms with Gasteiger partial charge in [0, 0.05) is 0 Å². The maximum absolute atomic E-state index is 11.4. The molecule has 0 aliphatic heterocycles. The monoisotopic (exact) mass is 344 g/mol. The van der Waals surface area contributed by atoms with Crippen LogP contribution in [-0.2, 0) is 4.74 Å². The summed E-state index contributed by atoms with van der Waals surface area (Å²) >= 11 is 0. The molecule has 0 unspecified atom stereocenters. The van der Waals surface area contributed by atoms with Gasteiger partial charge in [-0.05, 0) is 30.7 Å². The summed E-state index contributed by atoms with van der Waals surface area (Å²) in [4.78, 5) is 22.1. The summed E-state index contributed by atoms with van der Waals surface area (Å²) in [5.41, 5.74) is 0.142. The van der Waals surface area contributed by atoms with Crippen molar-refractivity contribution in [2.24, 2.45) is 0 Å². The van der Waals surface area contributed by atoms with Crippen molar-refractivity contribution in [1.82, 2.24) is 0 Å². The van der Waals surface area contributed by atoms with Crippen LogP contribution >= 0.6 is 12.4 Å². The minimum atomic E-state index is -1.02. The highest BCUT2D eigenvalue weighted by Gasteiger charge is 2.07. The lowest BCUT2D eigenvalue weighted by molar-refractivity contribution is 0.0697. The summed E-state index contributed by atoms with van der Waals surface area (Å²) in [5, 5.41) is 8.76. The highest BCUT2D eigenvalue weighted by atomic mass is 35.5. The number of aromatic carboxylic acids is 1. The number of benzene rings is 1. The number of halogens is 1. The van der Waals surface area contributed by atoms with Crippen molar-refractivity contribution in [2.45, 2.75) is 51.9 Å². The molecular weight excluding hydrogens is 320 g/mol. The zero-order valence-electron chi connectivity index (χ0n) is 13.5. The first-order valence-corrected chi connectivity index (χ1v) is 7.81. The molecule has 5 nitrogen and oxygen atoms in total. The van der Waals surface area contributed by atoms with E-state index in [0.717, 1.165) is 19.3 Å². The molecule has 1 aromatic rings. The van der Waals surface area contributed by atoms with Gasteiger partial charge in [-0.2, -0.15) is 0 Å². The topological polar surface area (TPSA) is 72.8 Å². The van der Waals surface area contributed by atoms with Crippen molar-refractivity contribution < 1.29 is 24.2 Å². The Bertz CT molecular complexity index is 459. The quantitative estimate of drug-likeness (QED) is 0.364. The Morgan fingerprint density at radius 2 is 1.52 bits per heavy atom. The van der Waals surface area contributed by atoms with Crippen LogP contribution in [0.4, 0.5) is 4.79 Å². The fourth-order valence-corrected chi connectivity index (χ4v) is 2.01. The molecule has 0 heterocycles. The third kappa shape index (κ3) is 9.79. The average molecular weight is 345 g/mol. The smallest absolute Gasteiger partial charge is 0.478 e. The van der Waals surface area contributed by atoms with Crippen LogP contribution in [0.2, 0.25) is 0 Å². The molecule has 0 saturated carbocycles. The van der Waals surface area contributed by atoms with E-state index < -0.39 is 12.1 Å². The SMILES string of the molecule is CCCCCCCCCOC(=O)Oc1ccc(C(=O)O)cc1.Cl. The van der Waals surface area contributed by atoms with E-state index in [1.54, 1.807) is 0 Å². The molecule has 0 amide bonds. The molecular formula is C17H25ClO5. The van der Waals surface area contributed by atoms with E-state index in [1.807, 2.05) is 0 Å². The van der Waals surface area contributed by atoms with Gasteiger partial charge in [-0.25, -0.2) is 9.59 Å². The number of hydrogen-bond donors (Lipinski definition) is 1. The molecule has 0 radical (unpaired) electrons. The Morgan fingerprint density at radius 1 is 0.957 bits per heavy atom. The minimum Gasteiger partial charge on any atom is -0.478 e. The van der Waals surface area contributed by atoms with Crippen LogP contribution in [0.5, 0.6) is 5.75 Å². The van der Waals surface area contributed by atoms with E-state index in [9.17, 15) is 9.59 Å². The summed E-state index contributed by atoms with van der Waals surface area (Å²) in [6, 6.07) is 5.61. The molecule has 6 heteroatoms. The van der Waals surface area contributed by atoms with Gasteiger partial charge in [0.15, 0.2) is 0 Å². The first kappa shape index (κ1) is 21.2. The van der Waals surface area contributed by atoms with Gasteiger partial charge in [-0.1, -0.05) is 45.4 Å². The van der Waals surface area contributed by atoms with Gasteiger partial charge in [-0.15, -0.1) is 12.4 Å². The Morgan fingerprint density at radius 3 is 2.09 bits per heavy atom. The third-order valence-electron chi connectivity index (χ3n) is 3.27. The number of carboxylic acid groups (broad SMARTS) is 1. The third-order valence-corrected chi connectivity index (χ3v) is 3.27. The van der Waals surface area contributed by atoms with E-state index in [-0.39, 0.29) is 23.7 Å². The second-order valence-corrected chi connectivity index (χ2v) is 5.15. The van der Waals surface area contributed by atoms with Gasteiger partial charge < -0.3 is 14.6 Å². The summed E-state index contributed by atoms with van der Waals surface area (Å²) in [7, 11) is 0. The molecule has 0 spiro atoms. The van der Waals surface area contributed by atoms with E-state index >= 15 is 0 Å². The van der Waals surface area contributed by atoms with Crippen LogP contribution in [0.3, 0.4) is 0 Å². The maximum atomic E-state index is 11.4. The van der Waals surface area contributed by atoms with Crippen molar-refractivity contribution in [1.29, 1.82) is 0 Å². The minimum absolute atomic E-state index is 0. The summed E-state index contributed by atoms with van der Waals surface area (Å²) in [6.07, 6.45) is 7.30. The van der Waals surface area contributed by atoms with Gasteiger partial charge >= 0.3 is 12.1 Å². The summed E-state index contributed by atoms with van der Waals surface area (Å²) < 4.78 is 9.93. The van der Waals surface area contributed by atoms with Crippen LogP contribution in [0, 0.1) is 0 Å². The molecule has 0 atom stereocenters. The number of carboxylic acids is 1. The lowest BCUT2D eigenvalue weighted by Gasteiger charge is -2.06. The predicted octanol–water partition coefficient (Wildman–Crippen LogP) is 5.07. The Hall–Kier alpha value is -1.75. The lowest BCUT2D eigenvalue weighted by atomic mass is 10.1. The normalized spacial score (nSPS) is 9.78. The number of carbonyl (C=O) groups is 2.